The molecular formula is C17H18O4. The molecule has 0 aliphatic heterocycles. The van der Waals surface area contributed by atoms with Crippen LogP contribution in [-0.2, 0) is 11.2 Å². The molecule has 0 saturated heterocycles. The summed E-state index contributed by atoms with van der Waals surface area (Å²) in [6, 6.07) is 3.94. The Morgan fingerprint density at radius 1 is 1.10 bits per heavy atom. The van der Waals surface area contributed by atoms with Gasteiger partial charge in [0.15, 0.2) is 0 Å². The lowest BCUT2D eigenvalue weighted by atomic mass is 9.94. The summed E-state index contributed by atoms with van der Waals surface area (Å²) in [4.78, 5) is 11.2. The molecule has 2 heterocycles. The van der Waals surface area contributed by atoms with Crippen LogP contribution in [0.3, 0.4) is 0 Å². The third kappa shape index (κ3) is 2.11. The van der Waals surface area contributed by atoms with Crippen LogP contribution in [0, 0.1) is 26.7 Å². The number of hydrogen-bond acceptors (Lipinski definition) is 3. The maximum atomic E-state index is 11.2. The molecule has 110 valence electrons. The first-order chi connectivity index (χ1) is 9.88. The van der Waals surface area contributed by atoms with Crippen LogP contribution < -0.4 is 0 Å². The topological polar surface area (TPSA) is 63.6 Å². The van der Waals surface area contributed by atoms with Gasteiger partial charge in [-0.05, 0) is 39.3 Å². The number of aliphatic carboxylic acids is 1. The third-order valence-electron chi connectivity index (χ3n) is 3.99. The third-order valence-corrected chi connectivity index (χ3v) is 3.99. The summed E-state index contributed by atoms with van der Waals surface area (Å²) < 4.78 is 11.7. The van der Waals surface area contributed by atoms with Crippen molar-refractivity contribution in [2.45, 2.75) is 34.1 Å². The lowest BCUT2D eigenvalue weighted by molar-refractivity contribution is -0.141. The molecule has 0 spiro atoms. The highest BCUT2D eigenvalue weighted by Crippen LogP contribution is 2.37. The summed E-state index contributed by atoms with van der Waals surface area (Å²) in [5.74, 6) is 0.364. The van der Waals surface area contributed by atoms with Crippen molar-refractivity contribution in [3.8, 4) is 0 Å². The van der Waals surface area contributed by atoms with Gasteiger partial charge in [0.2, 0.25) is 0 Å². The minimum absolute atomic E-state index is 0.425. The van der Waals surface area contributed by atoms with Gasteiger partial charge >= 0.3 is 5.97 Å². The Balaban J connectivity index is 2.36. The van der Waals surface area contributed by atoms with Gasteiger partial charge in [0, 0.05) is 21.9 Å². The zero-order chi connectivity index (χ0) is 15.3. The normalized spacial score (nSPS) is 13.1. The number of carboxylic acids is 1. The van der Waals surface area contributed by atoms with Crippen molar-refractivity contribution in [2.24, 2.45) is 5.92 Å². The number of fused-ring (bicyclic) bond motifs is 2. The summed E-state index contributed by atoms with van der Waals surface area (Å²) in [6.07, 6.45) is 0.425. The summed E-state index contributed by atoms with van der Waals surface area (Å²) in [5, 5.41) is 11.2. The second-order valence-electron chi connectivity index (χ2n) is 5.75. The van der Waals surface area contributed by atoms with E-state index in [2.05, 4.69) is 0 Å². The van der Waals surface area contributed by atoms with Gasteiger partial charge in [-0.1, -0.05) is 6.92 Å². The lowest BCUT2D eigenvalue weighted by Gasteiger charge is -2.09. The Morgan fingerprint density at radius 3 is 2.29 bits per heavy atom. The summed E-state index contributed by atoms with van der Waals surface area (Å²) >= 11 is 0. The fraction of sp³-hybridized carbons (Fsp3) is 0.353. The first-order valence-corrected chi connectivity index (χ1v) is 7.03. The van der Waals surface area contributed by atoms with E-state index < -0.39 is 11.9 Å². The molecule has 0 bridgehead atoms. The van der Waals surface area contributed by atoms with E-state index in [4.69, 9.17) is 8.83 Å². The van der Waals surface area contributed by atoms with Gasteiger partial charge in [-0.25, -0.2) is 0 Å². The van der Waals surface area contributed by atoms with Crippen molar-refractivity contribution >= 4 is 27.9 Å². The Hall–Kier alpha value is -2.23. The lowest BCUT2D eigenvalue weighted by Crippen LogP contribution is -2.12. The molecule has 0 aliphatic rings. The van der Waals surface area contributed by atoms with E-state index in [-0.39, 0.29) is 0 Å². The first-order valence-electron chi connectivity index (χ1n) is 7.03. The van der Waals surface area contributed by atoms with Gasteiger partial charge in [0.05, 0.1) is 5.92 Å². The molecule has 0 amide bonds. The van der Waals surface area contributed by atoms with Crippen molar-refractivity contribution in [3.05, 3.63) is 34.8 Å². The molecule has 4 heteroatoms. The van der Waals surface area contributed by atoms with Gasteiger partial charge in [0.25, 0.3) is 0 Å². The van der Waals surface area contributed by atoms with Crippen molar-refractivity contribution in [1.29, 1.82) is 0 Å². The second-order valence-corrected chi connectivity index (χ2v) is 5.75. The average molecular weight is 286 g/mol. The maximum Gasteiger partial charge on any atom is 0.306 e. The van der Waals surface area contributed by atoms with E-state index in [1.807, 2.05) is 32.9 Å². The van der Waals surface area contributed by atoms with E-state index >= 15 is 0 Å². The van der Waals surface area contributed by atoms with E-state index in [9.17, 15) is 9.90 Å². The van der Waals surface area contributed by atoms with Crippen LogP contribution in [0.4, 0.5) is 0 Å². The number of carbonyl (C=O) groups is 1. The molecule has 0 fully saturated rings. The number of benzene rings is 1. The molecule has 0 aliphatic carbocycles. The fourth-order valence-corrected chi connectivity index (χ4v) is 2.87. The maximum absolute atomic E-state index is 11.2. The van der Waals surface area contributed by atoms with Crippen LogP contribution in [0.15, 0.2) is 21.0 Å². The van der Waals surface area contributed by atoms with Gasteiger partial charge < -0.3 is 13.9 Å². The number of aryl methyl sites for hydroxylation is 3. The molecule has 1 aromatic carbocycles. The molecule has 21 heavy (non-hydrogen) atoms. The van der Waals surface area contributed by atoms with E-state index in [1.54, 1.807) is 6.92 Å². The van der Waals surface area contributed by atoms with Gasteiger partial charge in [-0.15, -0.1) is 0 Å². The van der Waals surface area contributed by atoms with E-state index in [1.165, 1.54) is 0 Å². The van der Waals surface area contributed by atoms with Crippen LogP contribution in [0.1, 0.15) is 29.6 Å². The Kier molecular flexibility index (Phi) is 3.04. The molecule has 1 atom stereocenters. The van der Waals surface area contributed by atoms with Crippen LogP contribution in [-0.4, -0.2) is 11.1 Å². The molecular weight excluding hydrogens is 268 g/mol. The van der Waals surface area contributed by atoms with Gasteiger partial charge in [-0.3, -0.25) is 4.79 Å². The van der Waals surface area contributed by atoms with E-state index in [0.717, 1.165) is 44.6 Å². The van der Waals surface area contributed by atoms with Crippen LogP contribution in [0.5, 0.6) is 0 Å². The van der Waals surface area contributed by atoms with Gasteiger partial charge in [0.1, 0.15) is 22.7 Å². The minimum Gasteiger partial charge on any atom is -0.481 e. The second kappa shape index (κ2) is 4.65. The molecule has 1 unspecified atom stereocenters. The van der Waals surface area contributed by atoms with Gasteiger partial charge in [-0.2, -0.15) is 0 Å². The van der Waals surface area contributed by atoms with Crippen LogP contribution in [0.2, 0.25) is 0 Å². The molecule has 1 N–H and O–H groups in total. The molecule has 4 nitrogen and oxygen atoms in total. The smallest absolute Gasteiger partial charge is 0.306 e. The van der Waals surface area contributed by atoms with Crippen molar-refractivity contribution in [3.63, 3.8) is 0 Å². The Morgan fingerprint density at radius 2 is 1.67 bits per heavy atom. The minimum atomic E-state index is -0.805. The van der Waals surface area contributed by atoms with E-state index in [0.29, 0.717) is 6.42 Å². The van der Waals surface area contributed by atoms with Crippen molar-refractivity contribution in [1.82, 2.24) is 0 Å². The zero-order valence-corrected chi connectivity index (χ0v) is 12.6. The summed E-state index contributed by atoms with van der Waals surface area (Å²) in [7, 11) is 0. The predicted octanol–water partition coefficient (Wildman–Crippen LogP) is 4.37. The number of carboxylic acid groups (broad SMARTS) is 1. The highest BCUT2D eigenvalue weighted by Gasteiger charge is 2.22. The first kappa shape index (κ1) is 13.7. The standard InChI is InChI=1S/C17H18O4/c1-8(17(18)19)5-13-14-7-10(3)20-15(14)11(4)12-6-9(2)21-16(12)13/h6-8H,5H2,1-4H3,(H,18,19). The highest BCUT2D eigenvalue weighted by atomic mass is 16.4. The molecule has 0 radical (unpaired) electrons. The average Bonchev–Trinajstić information content (AvgIpc) is 2.97. The number of rotatable bonds is 3. The van der Waals surface area contributed by atoms with Crippen LogP contribution >= 0.6 is 0 Å². The predicted molar refractivity (Wildman–Crippen MR) is 80.7 cm³/mol. The number of hydrogen-bond donors (Lipinski definition) is 1. The zero-order valence-electron chi connectivity index (χ0n) is 12.6. The molecule has 0 saturated carbocycles. The van der Waals surface area contributed by atoms with Crippen molar-refractivity contribution < 1.29 is 18.7 Å². The quantitative estimate of drug-likeness (QED) is 0.776. The Labute approximate surface area is 122 Å². The van der Waals surface area contributed by atoms with Crippen molar-refractivity contribution in [2.75, 3.05) is 0 Å². The largest absolute Gasteiger partial charge is 0.481 e. The Bertz CT molecular complexity index is 793. The monoisotopic (exact) mass is 286 g/mol. The SMILES string of the molecule is Cc1cc2c(CC(C)C(=O)O)c3oc(C)cc3c(C)c2o1. The number of furan rings is 2. The molecule has 2 aromatic heterocycles. The fourth-order valence-electron chi connectivity index (χ4n) is 2.87. The highest BCUT2D eigenvalue weighted by molar-refractivity contribution is 6.02. The summed E-state index contributed by atoms with van der Waals surface area (Å²) in [5.41, 5.74) is 3.57. The molecule has 3 aromatic rings. The van der Waals surface area contributed by atoms with Crippen LogP contribution in [0.25, 0.3) is 21.9 Å². The summed E-state index contributed by atoms with van der Waals surface area (Å²) in [6.45, 7) is 7.52. The molecule has 3 rings (SSSR count).